The zero-order valence-corrected chi connectivity index (χ0v) is 15.9. The van der Waals surface area contributed by atoms with E-state index in [1.165, 1.54) is 11.1 Å². The standard InChI is InChI=1S/C20H24N2O3.ClH/c1-3-24-18-8-7-15(10-19(18)25-4-2)20(23)22-11-14-5-6-16-12-21-13-17(16)9-14;/h5-10,21H,3-4,11-13H2,1-2H3,(H,22,23);1H. The molecular weight excluding hydrogens is 352 g/mol. The van der Waals surface area contributed by atoms with Crippen molar-refractivity contribution in [2.75, 3.05) is 13.2 Å². The number of nitrogens with one attached hydrogen (secondary N) is 2. The second-order valence-electron chi connectivity index (χ2n) is 5.92. The number of hydrogen-bond acceptors (Lipinski definition) is 4. The SMILES string of the molecule is CCOc1ccc(C(=O)NCc2ccc3c(c2)CNC3)cc1OCC.Cl. The van der Waals surface area contributed by atoms with Crippen molar-refractivity contribution in [1.29, 1.82) is 0 Å². The van der Waals surface area contributed by atoms with Gasteiger partial charge in [0.2, 0.25) is 0 Å². The number of halogens is 1. The summed E-state index contributed by atoms with van der Waals surface area (Å²) in [6.07, 6.45) is 0. The molecular formula is C20H25ClN2O3. The lowest BCUT2D eigenvalue weighted by Gasteiger charge is -2.12. The maximum atomic E-state index is 12.5. The van der Waals surface area contributed by atoms with Crippen molar-refractivity contribution in [3.8, 4) is 11.5 Å². The third kappa shape index (κ3) is 4.68. The van der Waals surface area contributed by atoms with Gasteiger partial charge in [-0.3, -0.25) is 4.79 Å². The monoisotopic (exact) mass is 376 g/mol. The van der Waals surface area contributed by atoms with Gasteiger partial charge in [-0.1, -0.05) is 18.2 Å². The third-order valence-electron chi connectivity index (χ3n) is 4.16. The maximum Gasteiger partial charge on any atom is 0.251 e. The summed E-state index contributed by atoms with van der Waals surface area (Å²) in [6.45, 7) is 7.23. The predicted molar refractivity (Wildman–Crippen MR) is 104 cm³/mol. The Balaban J connectivity index is 0.00000243. The van der Waals surface area contributed by atoms with Crippen LogP contribution in [0.5, 0.6) is 11.5 Å². The highest BCUT2D eigenvalue weighted by atomic mass is 35.5. The number of ether oxygens (including phenoxy) is 2. The molecule has 0 aromatic heterocycles. The summed E-state index contributed by atoms with van der Waals surface area (Å²) in [4.78, 5) is 12.5. The maximum absolute atomic E-state index is 12.5. The van der Waals surface area contributed by atoms with Crippen LogP contribution in [0.15, 0.2) is 36.4 Å². The first-order chi connectivity index (χ1) is 12.2. The molecule has 140 valence electrons. The first kappa shape index (κ1) is 20.1. The Morgan fingerprint density at radius 2 is 1.73 bits per heavy atom. The molecule has 0 aliphatic carbocycles. The molecule has 1 aliphatic rings. The van der Waals surface area contributed by atoms with Crippen molar-refractivity contribution >= 4 is 18.3 Å². The minimum Gasteiger partial charge on any atom is -0.490 e. The molecule has 5 nitrogen and oxygen atoms in total. The van der Waals surface area contributed by atoms with E-state index in [1.807, 2.05) is 13.8 Å². The molecule has 0 atom stereocenters. The van der Waals surface area contributed by atoms with E-state index in [2.05, 4.69) is 28.8 Å². The van der Waals surface area contributed by atoms with Crippen molar-refractivity contribution in [2.24, 2.45) is 0 Å². The summed E-state index contributed by atoms with van der Waals surface area (Å²) >= 11 is 0. The zero-order chi connectivity index (χ0) is 17.6. The van der Waals surface area contributed by atoms with Crippen LogP contribution in [0.4, 0.5) is 0 Å². The molecule has 1 aliphatic heterocycles. The Labute approximate surface area is 160 Å². The molecule has 2 aromatic rings. The van der Waals surface area contributed by atoms with Gasteiger partial charge >= 0.3 is 0 Å². The summed E-state index contributed by atoms with van der Waals surface area (Å²) in [6, 6.07) is 11.6. The summed E-state index contributed by atoms with van der Waals surface area (Å²) in [5, 5.41) is 6.30. The predicted octanol–water partition coefficient (Wildman–Crippen LogP) is 3.44. The van der Waals surface area contributed by atoms with Gasteiger partial charge in [0.05, 0.1) is 13.2 Å². The Morgan fingerprint density at radius 1 is 1.00 bits per heavy atom. The molecule has 0 spiro atoms. The topological polar surface area (TPSA) is 59.6 Å². The van der Waals surface area contributed by atoms with E-state index >= 15 is 0 Å². The minimum atomic E-state index is -0.123. The Morgan fingerprint density at radius 3 is 2.50 bits per heavy atom. The largest absolute Gasteiger partial charge is 0.490 e. The van der Waals surface area contributed by atoms with Crippen LogP contribution in [0, 0.1) is 0 Å². The van der Waals surface area contributed by atoms with Gasteiger partial charge in [-0.05, 0) is 48.7 Å². The van der Waals surface area contributed by atoms with Crippen LogP contribution >= 0.6 is 12.4 Å². The van der Waals surface area contributed by atoms with Crippen molar-refractivity contribution in [3.63, 3.8) is 0 Å². The molecule has 2 aromatic carbocycles. The molecule has 3 rings (SSSR count). The van der Waals surface area contributed by atoms with Crippen molar-refractivity contribution < 1.29 is 14.3 Å². The average Bonchev–Trinajstić information content (AvgIpc) is 3.09. The smallest absolute Gasteiger partial charge is 0.251 e. The lowest BCUT2D eigenvalue weighted by Crippen LogP contribution is -2.23. The summed E-state index contributed by atoms with van der Waals surface area (Å²) in [5.74, 6) is 1.13. The first-order valence-electron chi connectivity index (χ1n) is 8.70. The lowest BCUT2D eigenvalue weighted by molar-refractivity contribution is 0.0950. The number of rotatable bonds is 7. The van der Waals surface area contributed by atoms with E-state index in [0.29, 0.717) is 36.8 Å². The minimum absolute atomic E-state index is 0. The number of fused-ring (bicyclic) bond motifs is 1. The van der Waals surface area contributed by atoms with Crippen molar-refractivity contribution in [1.82, 2.24) is 10.6 Å². The quantitative estimate of drug-likeness (QED) is 0.777. The molecule has 0 saturated carbocycles. The van der Waals surface area contributed by atoms with E-state index in [9.17, 15) is 4.79 Å². The van der Waals surface area contributed by atoms with Gasteiger partial charge in [0.1, 0.15) is 0 Å². The Hall–Kier alpha value is -2.24. The highest BCUT2D eigenvalue weighted by Gasteiger charge is 2.13. The number of benzene rings is 2. The van der Waals surface area contributed by atoms with E-state index in [1.54, 1.807) is 18.2 Å². The molecule has 0 saturated heterocycles. The van der Waals surface area contributed by atoms with E-state index < -0.39 is 0 Å². The molecule has 0 bridgehead atoms. The van der Waals surface area contributed by atoms with Gasteiger partial charge in [0, 0.05) is 25.2 Å². The number of amides is 1. The highest BCUT2D eigenvalue weighted by molar-refractivity contribution is 5.94. The fourth-order valence-corrected chi connectivity index (χ4v) is 2.93. The first-order valence-corrected chi connectivity index (χ1v) is 8.70. The van der Waals surface area contributed by atoms with E-state index in [4.69, 9.17) is 9.47 Å². The average molecular weight is 377 g/mol. The molecule has 26 heavy (non-hydrogen) atoms. The van der Waals surface area contributed by atoms with Crippen LogP contribution in [0.25, 0.3) is 0 Å². The number of hydrogen-bond donors (Lipinski definition) is 2. The number of carbonyl (C=O) groups is 1. The van der Waals surface area contributed by atoms with Crippen molar-refractivity contribution in [2.45, 2.75) is 33.5 Å². The molecule has 2 N–H and O–H groups in total. The Bertz CT molecular complexity index is 765. The number of carbonyl (C=O) groups excluding carboxylic acids is 1. The molecule has 6 heteroatoms. The molecule has 0 fully saturated rings. The van der Waals surface area contributed by atoms with Crippen LogP contribution in [-0.4, -0.2) is 19.1 Å². The van der Waals surface area contributed by atoms with Gasteiger partial charge in [0.15, 0.2) is 11.5 Å². The van der Waals surface area contributed by atoms with Crippen molar-refractivity contribution in [3.05, 3.63) is 58.7 Å². The van der Waals surface area contributed by atoms with Crippen LogP contribution in [0.3, 0.4) is 0 Å². The van der Waals surface area contributed by atoms with Crippen LogP contribution < -0.4 is 20.1 Å². The van der Waals surface area contributed by atoms with Gasteiger partial charge in [-0.25, -0.2) is 0 Å². The second kappa shape index (κ2) is 9.46. The third-order valence-corrected chi connectivity index (χ3v) is 4.16. The lowest BCUT2D eigenvalue weighted by atomic mass is 10.1. The van der Waals surface area contributed by atoms with Gasteiger partial charge in [0.25, 0.3) is 5.91 Å². The van der Waals surface area contributed by atoms with Crippen LogP contribution in [0.2, 0.25) is 0 Å². The van der Waals surface area contributed by atoms with Crippen LogP contribution in [-0.2, 0) is 19.6 Å². The zero-order valence-electron chi connectivity index (χ0n) is 15.1. The summed E-state index contributed by atoms with van der Waals surface area (Å²) in [7, 11) is 0. The van der Waals surface area contributed by atoms with Gasteiger partial charge in [-0.2, -0.15) is 0 Å². The Kier molecular flexibility index (Phi) is 7.30. The van der Waals surface area contributed by atoms with Gasteiger partial charge < -0.3 is 20.1 Å². The second-order valence-corrected chi connectivity index (χ2v) is 5.92. The summed E-state index contributed by atoms with van der Waals surface area (Å²) < 4.78 is 11.1. The van der Waals surface area contributed by atoms with Gasteiger partial charge in [-0.15, -0.1) is 12.4 Å². The normalized spacial score (nSPS) is 12.1. The summed E-state index contributed by atoms with van der Waals surface area (Å²) in [5.41, 5.74) is 4.32. The molecule has 1 heterocycles. The van der Waals surface area contributed by atoms with E-state index in [0.717, 1.165) is 18.7 Å². The molecule has 0 unspecified atom stereocenters. The molecule has 0 radical (unpaired) electrons. The van der Waals surface area contributed by atoms with Crippen LogP contribution in [0.1, 0.15) is 40.9 Å². The fraction of sp³-hybridized carbons (Fsp3) is 0.350. The highest BCUT2D eigenvalue weighted by Crippen LogP contribution is 2.28. The fourth-order valence-electron chi connectivity index (χ4n) is 2.93. The molecule has 1 amide bonds. The van der Waals surface area contributed by atoms with E-state index in [-0.39, 0.29) is 18.3 Å².